The molecule has 0 aliphatic carbocycles. The van der Waals surface area contributed by atoms with Gasteiger partial charge in [0.15, 0.2) is 0 Å². The van der Waals surface area contributed by atoms with Crippen LogP contribution >= 0.6 is 15.8 Å². The van der Waals surface area contributed by atoms with Crippen molar-refractivity contribution in [2.45, 2.75) is 207 Å². The van der Waals surface area contributed by atoms with Crippen LogP contribution in [-0.4, -0.2) is 30.0 Å². The highest BCUT2D eigenvalue weighted by Gasteiger charge is 2.27. The Kier molecular flexibility index (Phi) is 33.1. The van der Waals surface area contributed by atoms with Crippen LogP contribution in [0.15, 0.2) is 0 Å². The molecule has 2 heteroatoms. The van der Waals surface area contributed by atoms with E-state index in [0.29, 0.717) is 0 Å². The Morgan fingerprint density at radius 2 is 0.526 bits per heavy atom. The molecule has 0 aliphatic rings. The van der Waals surface area contributed by atoms with Gasteiger partial charge in [-0.05, 0) is 62.2 Å². The van der Waals surface area contributed by atoms with E-state index in [9.17, 15) is 0 Å². The van der Waals surface area contributed by atoms with Crippen LogP contribution in [-0.2, 0) is 0 Å². The quantitative estimate of drug-likeness (QED) is 0.0557. The molecule has 0 rings (SSSR count). The average molecular weight is 571 g/mol. The third-order valence-corrected chi connectivity index (χ3v) is 16.3. The van der Waals surface area contributed by atoms with Crippen LogP contribution in [0.1, 0.15) is 202 Å². The van der Waals surface area contributed by atoms with Gasteiger partial charge in [0.2, 0.25) is 0 Å². The van der Waals surface area contributed by atoms with Crippen molar-refractivity contribution in [3.8, 4) is 0 Å². The molecule has 0 saturated carbocycles. The average Bonchev–Trinajstić information content (AvgIpc) is 2.93. The largest absolute Gasteiger partial charge is 0.0991 e. The lowest BCUT2D eigenvalue weighted by atomic mass is 10.1. The molecule has 0 unspecified atom stereocenters. The summed E-state index contributed by atoms with van der Waals surface area (Å²) < 4.78 is 0. The molecule has 0 aromatic rings. The van der Waals surface area contributed by atoms with Crippen molar-refractivity contribution in [2.24, 2.45) is 0 Å². The van der Waals surface area contributed by atoms with Crippen LogP contribution in [0, 0.1) is 0 Å². The first-order chi connectivity index (χ1) is 18.7. The maximum absolute atomic E-state index is 2.37. The van der Waals surface area contributed by atoms with Gasteiger partial charge >= 0.3 is 0 Å². The Morgan fingerprint density at radius 1 is 0.289 bits per heavy atom. The van der Waals surface area contributed by atoms with E-state index in [0.717, 1.165) is 5.40 Å². The summed E-state index contributed by atoms with van der Waals surface area (Å²) in [6.07, 6.45) is 45.0. The molecule has 0 aliphatic heterocycles. The lowest BCUT2D eigenvalue weighted by molar-refractivity contribution is 0.616. The summed E-state index contributed by atoms with van der Waals surface area (Å²) in [6.45, 7) is 11.8. The summed E-state index contributed by atoms with van der Waals surface area (Å²) in [4.78, 5) is 0. The molecule has 0 nitrogen and oxygen atoms in total. The van der Waals surface area contributed by atoms with Crippen molar-refractivity contribution in [2.75, 3.05) is 24.6 Å². The second kappa shape index (κ2) is 32.4. The minimum atomic E-state index is 0.244. The van der Waals surface area contributed by atoms with E-state index < -0.39 is 0 Å². The third kappa shape index (κ3) is 24.6. The van der Waals surface area contributed by atoms with Crippen LogP contribution in [0.2, 0.25) is 0 Å². The first kappa shape index (κ1) is 38.9. The molecule has 0 aromatic heterocycles. The minimum Gasteiger partial charge on any atom is -0.0991 e. The molecular formula is C36H76P2. The van der Waals surface area contributed by atoms with Crippen molar-refractivity contribution in [1.29, 1.82) is 0 Å². The fourth-order valence-electron chi connectivity index (χ4n) is 6.02. The zero-order valence-electron chi connectivity index (χ0n) is 27.7. The number of rotatable bonds is 32. The molecule has 0 radical (unpaired) electrons. The smallest absolute Gasteiger partial charge is 0.000583 e. The van der Waals surface area contributed by atoms with Crippen molar-refractivity contribution in [1.82, 2.24) is 0 Å². The Labute approximate surface area is 247 Å². The van der Waals surface area contributed by atoms with E-state index in [1.807, 2.05) is 0 Å². The predicted molar refractivity (Wildman–Crippen MR) is 186 cm³/mol. The summed E-state index contributed by atoms with van der Waals surface area (Å²) in [5.74, 6) is 0. The molecule has 0 atom stereocenters. The van der Waals surface area contributed by atoms with Gasteiger partial charge in [0.1, 0.15) is 0 Å². The highest BCUT2D eigenvalue weighted by molar-refractivity contribution is 7.75. The molecule has 0 aromatic carbocycles. The van der Waals surface area contributed by atoms with E-state index in [2.05, 4.69) is 34.6 Å². The van der Waals surface area contributed by atoms with E-state index in [1.54, 1.807) is 63.2 Å². The summed E-state index contributed by atoms with van der Waals surface area (Å²) in [5.41, 5.74) is 0. The van der Waals surface area contributed by atoms with E-state index >= 15 is 0 Å². The van der Waals surface area contributed by atoms with Crippen molar-refractivity contribution < 1.29 is 0 Å². The van der Waals surface area contributed by atoms with E-state index in [1.165, 1.54) is 128 Å². The molecule has 0 bridgehead atoms. The van der Waals surface area contributed by atoms with Gasteiger partial charge in [-0.25, -0.2) is 0 Å². The second-order valence-electron chi connectivity index (χ2n) is 12.4. The predicted octanol–water partition coefficient (Wildman–Crippen LogP) is 14.5. The number of unbranched alkanes of at least 4 members (excludes halogenated alkanes) is 20. The lowest BCUT2D eigenvalue weighted by Crippen LogP contribution is -2.13. The summed E-state index contributed by atoms with van der Waals surface area (Å²) in [5, 5.41) is 1.15. The molecule has 0 amide bonds. The normalized spacial score (nSPS) is 12.0. The Hall–Kier alpha value is 0.860. The maximum Gasteiger partial charge on any atom is -0.000583 e. The number of hydrogen-bond donors (Lipinski definition) is 0. The van der Waals surface area contributed by atoms with Gasteiger partial charge in [-0.2, -0.15) is 0 Å². The van der Waals surface area contributed by atoms with Gasteiger partial charge in [0.25, 0.3) is 0 Å². The Bertz CT molecular complexity index is 364. The Balaban J connectivity index is 5.41. The van der Waals surface area contributed by atoms with Crippen molar-refractivity contribution >= 4 is 15.8 Å². The van der Waals surface area contributed by atoms with Crippen molar-refractivity contribution in [3.63, 3.8) is 0 Å². The molecule has 0 saturated heterocycles. The molecule has 38 heavy (non-hydrogen) atoms. The lowest BCUT2D eigenvalue weighted by Gasteiger charge is -2.36. The molecule has 230 valence electrons. The maximum atomic E-state index is 2.37. The third-order valence-electron chi connectivity index (χ3n) is 8.60. The first-order valence-corrected chi connectivity index (χ1v) is 21.8. The molecule has 0 heterocycles. The monoisotopic (exact) mass is 571 g/mol. The fraction of sp³-hybridized carbons (Fsp3) is 1.00. The van der Waals surface area contributed by atoms with Gasteiger partial charge in [-0.15, -0.1) is 0 Å². The van der Waals surface area contributed by atoms with Crippen LogP contribution in [0.4, 0.5) is 0 Å². The number of hydrogen-bond acceptors (Lipinski definition) is 0. The summed E-state index contributed by atoms with van der Waals surface area (Å²) >= 11 is 0. The Morgan fingerprint density at radius 3 is 0.789 bits per heavy atom. The molecule has 0 N–H and O–H groups in total. The van der Waals surface area contributed by atoms with Crippen LogP contribution in [0.25, 0.3) is 0 Å². The van der Waals surface area contributed by atoms with Crippen LogP contribution in [0.5, 0.6) is 0 Å². The second-order valence-corrected chi connectivity index (χ2v) is 18.2. The SMILES string of the molecule is CCCCCCCC(P(CCCCCCC)CCCCCCC)P(CCCCCCC)CCCCCCC. The fourth-order valence-corrected chi connectivity index (χ4v) is 14.5. The zero-order chi connectivity index (χ0) is 27.9. The summed E-state index contributed by atoms with van der Waals surface area (Å²) in [6, 6.07) is 0. The molecule has 0 spiro atoms. The highest BCUT2D eigenvalue weighted by atomic mass is 31.2. The highest BCUT2D eigenvalue weighted by Crippen LogP contribution is 2.61. The van der Waals surface area contributed by atoms with Gasteiger partial charge in [0.05, 0.1) is 0 Å². The van der Waals surface area contributed by atoms with Gasteiger partial charge in [-0.1, -0.05) is 185 Å². The van der Waals surface area contributed by atoms with Gasteiger partial charge < -0.3 is 0 Å². The standard InChI is InChI=1S/C36H76P2/c1-6-11-16-21-26-31-36(37(32-27-22-17-12-7-2)33-28-23-18-13-8-3)38(34-29-24-19-14-9-4)35-30-25-20-15-10-5/h36H,6-35H2,1-5H3. The first-order valence-electron chi connectivity index (χ1n) is 18.2. The van der Waals surface area contributed by atoms with Crippen LogP contribution in [0.3, 0.4) is 0 Å². The van der Waals surface area contributed by atoms with Gasteiger partial charge in [-0.3, -0.25) is 0 Å². The van der Waals surface area contributed by atoms with Crippen LogP contribution < -0.4 is 0 Å². The van der Waals surface area contributed by atoms with Gasteiger partial charge in [0, 0.05) is 0 Å². The van der Waals surface area contributed by atoms with Crippen molar-refractivity contribution in [3.05, 3.63) is 0 Å². The summed E-state index contributed by atoms with van der Waals surface area (Å²) in [7, 11) is 0.488. The molecular weight excluding hydrogens is 494 g/mol. The zero-order valence-corrected chi connectivity index (χ0v) is 29.5. The topological polar surface area (TPSA) is 0 Å². The van der Waals surface area contributed by atoms with E-state index in [4.69, 9.17) is 0 Å². The minimum absolute atomic E-state index is 0.244. The van der Waals surface area contributed by atoms with E-state index in [-0.39, 0.29) is 15.8 Å². The molecule has 0 fully saturated rings.